The normalized spacial score (nSPS) is 20.4. The van der Waals surface area contributed by atoms with Crippen LogP contribution in [0.1, 0.15) is 23.3 Å². The summed E-state index contributed by atoms with van der Waals surface area (Å²) in [6.07, 6.45) is -1.32. The summed E-state index contributed by atoms with van der Waals surface area (Å²) in [5.41, 5.74) is 5.41. The molecule has 1 saturated heterocycles. The van der Waals surface area contributed by atoms with Gasteiger partial charge in [0.1, 0.15) is 0 Å². The molecule has 1 amide bonds. The van der Waals surface area contributed by atoms with E-state index in [2.05, 4.69) is 9.97 Å². The highest BCUT2D eigenvalue weighted by Crippen LogP contribution is 2.33. The smallest absolute Gasteiger partial charge is 0.382 e. The van der Waals surface area contributed by atoms with E-state index >= 15 is 0 Å². The van der Waals surface area contributed by atoms with E-state index in [4.69, 9.17) is 5.73 Å². The van der Waals surface area contributed by atoms with Crippen LogP contribution in [-0.2, 0) is 0 Å². The maximum Gasteiger partial charge on any atom is 0.393 e. The van der Waals surface area contributed by atoms with Gasteiger partial charge in [0, 0.05) is 25.5 Å². The molecule has 5 nitrogen and oxygen atoms in total. The van der Waals surface area contributed by atoms with Gasteiger partial charge >= 0.3 is 6.18 Å². The van der Waals surface area contributed by atoms with E-state index in [0.717, 1.165) is 4.90 Å². The molecule has 1 fully saturated rings. The fraction of sp³-hybridized carbons (Fsp3) is 0.545. The molecule has 0 saturated carbocycles. The van der Waals surface area contributed by atoms with E-state index in [1.165, 1.54) is 12.4 Å². The Balaban J connectivity index is 2.14. The van der Waals surface area contributed by atoms with E-state index < -0.39 is 18.0 Å². The van der Waals surface area contributed by atoms with Crippen molar-refractivity contribution in [3.63, 3.8) is 0 Å². The molecule has 104 valence electrons. The van der Waals surface area contributed by atoms with E-state index in [9.17, 15) is 18.0 Å². The number of alkyl halides is 3. The van der Waals surface area contributed by atoms with Crippen molar-refractivity contribution in [3.05, 3.63) is 18.1 Å². The minimum absolute atomic E-state index is 0.0449. The van der Waals surface area contributed by atoms with Crippen molar-refractivity contribution < 1.29 is 18.0 Å². The summed E-state index contributed by atoms with van der Waals surface area (Å²) in [5.74, 6) is -2.15. The predicted octanol–water partition coefficient (Wildman–Crippen LogP) is 1.47. The number of likely N-dealkylation sites (tertiary alicyclic amines) is 1. The number of hydrogen-bond donors (Lipinski definition) is 1. The highest BCUT2D eigenvalue weighted by atomic mass is 19.4. The topological polar surface area (TPSA) is 72.1 Å². The third-order valence-corrected chi connectivity index (χ3v) is 3.10. The lowest BCUT2D eigenvalue weighted by atomic mass is 9.97. The standard InChI is InChI=1S/C11H13F3N4O/c12-11(13,14)7-2-1-5-18(6-7)10(19)8-9(15)17-4-3-16-8/h3-4,7H,1-2,5-6H2,(H2,15,17)/t7-/m1/s1. The van der Waals surface area contributed by atoms with Crippen molar-refractivity contribution in [1.82, 2.24) is 14.9 Å². The Morgan fingerprint density at radius 3 is 2.68 bits per heavy atom. The van der Waals surface area contributed by atoms with Crippen LogP contribution in [0.2, 0.25) is 0 Å². The highest BCUT2D eigenvalue weighted by Gasteiger charge is 2.43. The van der Waals surface area contributed by atoms with Gasteiger partial charge in [0.15, 0.2) is 11.5 Å². The number of nitrogens with two attached hydrogens (primary N) is 1. The molecule has 1 aliphatic heterocycles. The van der Waals surface area contributed by atoms with Crippen molar-refractivity contribution in [2.75, 3.05) is 18.8 Å². The SMILES string of the molecule is Nc1nccnc1C(=O)N1CCC[C@@H](C(F)(F)F)C1. The van der Waals surface area contributed by atoms with Gasteiger partial charge in [-0.3, -0.25) is 4.79 Å². The van der Waals surface area contributed by atoms with Gasteiger partial charge in [0.25, 0.3) is 5.91 Å². The third kappa shape index (κ3) is 2.94. The predicted molar refractivity (Wildman–Crippen MR) is 61.1 cm³/mol. The second-order valence-corrected chi connectivity index (χ2v) is 4.42. The maximum absolute atomic E-state index is 12.7. The minimum Gasteiger partial charge on any atom is -0.382 e. The monoisotopic (exact) mass is 274 g/mol. The number of nitrogens with zero attached hydrogens (tertiary/aromatic N) is 3. The van der Waals surface area contributed by atoms with Gasteiger partial charge in [-0.05, 0) is 12.8 Å². The summed E-state index contributed by atoms with van der Waals surface area (Å²) in [6, 6.07) is 0. The van der Waals surface area contributed by atoms with Crippen LogP contribution in [0.15, 0.2) is 12.4 Å². The van der Waals surface area contributed by atoms with E-state index in [1.807, 2.05) is 0 Å². The zero-order chi connectivity index (χ0) is 14.0. The molecule has 1 atom stereocenters. The van der Waals surface area contributed by atoms with Gasteiger partial charge in [-0.1, -0.05) is 0 Å². The third-order valence-electron chi connectivity index (χ3n) is 3.10. The van der Waals surface area contributed by atoms with Crippen LogP contribution >= 0.6 is 0 Å². The number of aromatic nitrogens is 2. The van der Waals surface area contributed by atoms with Crippen molar-refractivity contribution >= 4 is 11.7 Å². The first-order valence-electron chi connectivity index (χ1n) is 5.82. The first kappa shape index (κ1) is 13.6. The van der Waals surface area contributed by atoms with Gasteiger partial charge < -0.3 is 10.6 Å². The van der Waals surface area contributed by atoms with Gasteiger partial charge in [-0.25, -0.2) is 9.97 Å². The van der Waals surface area contributed by atoms with Crippen molar-refractivity contribution in [2.45, 2.75) is 19.0 Å². The Hall–Kier alpha value is -1.86. The fourth-order valence-electron chi connectivity index (χ4n) is 2.09. The lowest BCUT2D eigenvalue weighted by Crippen LogP contribution is -2.45. The van der Waals surface area contributed by atoms with Crippen molar-refractivity contribution in [2.24, 2.45) is 5.92 Å². The largest absolute Gasteiger partial charge is 0.393 e. The highest BCUT2D eigenvalue weighted by molar-refractivity contribution is 5.96. The molecular weight excluding hydrogens is 261 g/mol. The maximum atomic E-state index is 12.7. The molecule has 0 aliphatic carbocycles. The zero-order valence-electron chi connectivity index (χ0n) is 10.0. The zero-order valence-corrected chi connectivity index (χ0v) is 10.0. The second-order valence-electron chi connectivity index (χ2n) is 4.42. The van der Waals surface area contributed by atoms with Crippen LogP contribution in [0.4, 0.5) is 19.0 Å². The number of hydrogen-bond acceptors (Lipinski definition) is 4. The quantitative estimate of drug-likeness (QED) is 0.841. The van der Waals surface area contributed by atoms with Crippen molar-refractivity contribution in [1.29, 1.82) is 0 Å². The Kier molecular flexibility index (Phi) is 3.59. The average molecular weight is 274 g/mol. The molecule has 1 aromatic rings. The number of carbonyl (C=O) groups is 1. The van der Waals surface area contributed by atoms with E-state index in [0.29, 0.717) is 6.42 Å². The summed E-state index contributed by atoms with van der Waals surface area (Å²) in [4.78, 5) is 20.7. The van der Waals surface area contributed by atoms with Gasteiger partial charge in [-0.2, -0.15) is 13.2 Å². The Bertz CT molecular complexity index is 477. The molecule has 0 aromatic carbocycles. The minimum atomic E-state index is -4.28. The molecule has 1 aliphatic rings. The summed E-state index contributed by atoms with van der Waals surface area (Å²) < 4.78 is 38.0. The Labute approximate surface area is 107 Å². The summed E-state index contributed by atoms with van der Waals surface area (Å²) >= 11 is 0. The second kappa shape index (κ2) is 5.02. The molecule has 0 unspecified atom stereocenters. The molecule has 2 N–H and O–H groups in total. The Morgan fingerprint density at radius 1 is 1.37 bits per heavy atom. The lowest BCUT2D eigenvalue weighted by molar-refractivity contribution is -0.184. The molecule has 0 spiro atoms. The number of nitrogen functional groups attached to an aromatic ring is 1. The molecule has 19 heavy (non-hydrogen) atoms. The van der Waals surface area contributed by atoms with Crippen molar-refractivity contribution in [3.8, 4) is 0 Å². The molecular formula is C11H13F3N4O. The van der Waals surface area contributed by atoms with Crippen LogP contribution in [0, 0.1) is 5.92 Å². The van der Waals surface area contributed by atoms with Crippen LogP contribution in [-0.4, -0.2) is 40.0 Å². The number of halogens is 3. The lowest BCUT2D eigenvalue weighted by Gasteiger charge is -2.33. The molecule has 1 aromatic heterocycles. The van der Waals surface area contributed by atoms with Crippen LogP contribution < -0.4 is 5.73 Å². The molecule has 0 radical (unpaired) electrons. The fourth-order valence-corrected chi connectivity index (χ4v) is 2.09. The van der Waals surface area contributed by atoms with Crippen LogP contribution in [0.3, 0.4) is 0 Å². The number of rotatable bonds is 1. The first-order valence-corrected chi connectivity index (χ1v) is 5.82. The summed E-state index contributed by atoms with van der Waals surface area (Å²) in [5, 5.41) is 0. The summed E-state index contributed by atoms with van der Waals surface area (Å²) in [6.45, 7) is -0.0697. The number of piperidine rings is 1. The molecule has 0 bridgehead atoms. The number of amides is 1. The molecule has 2 heterocycles. The average Bonchev–Trinajstić information content (AvgIpc) is 2.38. The van der Waals surface area contributed by atoms with E-state index in [-0.39, 0.29) is 31.0 Å². The number of anilines is 1. The first-order chi connectivity index (χ1) is 8.89. The van der Waals surface area contributed by atoms with Gasteiger partial charge in [-0.15, -0.1) is 0 Å². The van der Waals surface area contributed by atoms with Gasteiger partial charge in [0.05, 0.1) is 5.92 Å². The molecule has 8 heteroatoms. The van der Waals surface area contributed by atoms with Crippen LogP contribution in [0.25, 0.3) is 0 Å². The molecule has 2 rings (SSSR count). The number of carbonyl (C=O) groups excluding carboxylic acids is 1. The van der Waals surface area contributed by atoms with Gasteiger partial charge in [0.2, 0.25) is 0 Å². The van der Waals surface area contributed by atoms with E-state index in [1.54, 1.807) is 0 Å². The van der Waals surface area contributed by atoms with Crippen LogP contribution in [0.5, 0.6) is 0 Å². The summed E-state index contributed by atoms with van der Waals surface area (Å²) in [7, 11) is 0. The Morgan fingerprint density at radius 2 is 2.05 bits per heavy atom.